The second kappa shape index (κ2) is 4.37. The zero-order valence-corrected chi connectivity index (χ0v) is 10.9. The third-order valence-electron chi connectivity index (χ3n) is 2.40. The third kappa shape index (κ3) is 2.02. The Bertz CT molecular complexity index is 531. The van der Waals surface area contributed by atoms with Crippen molar-refractivity contribution in [3.05, 3.63) is 34.3 Å². The number of hydrogen-bond acceptors (Lipinski definition) is 2. The molecule has 0 unspecified atom stereocenters. The van der Waals surface area contributed by atoms with Crippen molar-refractivity contribution < 1.29 is 4.79 Å². The Hall–Kier alpha value is -1.16. The van der Waals surface area contributed by atoms with Crippen LogP contribution in [-0.2, 0) is 6.42 Å². The van der Waals surface area contributed by atoms with Crippen LogP contribution in [0, 0.1) is 5.92 Å². The van der Waals surface area contributed by atoms with Gasteiger partial charge in [-0.1, -0.05) is 13.8 Å². The Balaban J connectivity index is 2.64. The van der Waals surface area contributed by atoms with E-state index in [1.807, 2.05) is 22.7 Å². The standard InChI is InChI=1S/C12H13BrN2O/c1-8(2)5-12-14-10(7-16)11-4-3-9(13)6-15(11)12/h3-4,6-8H,5H2,1-2H3. The van der Waals surface area contributed by atoms with E-state index in [9.17, 15) is 4.79 Å². The zero-order valence-electron chi connectivity index (χ0n) is 9.27. The number of rotatable bonds is 3. The van der Waals surface area contributed by atoms with Crippen molar-refractivity contribution in [2.24, 2.45) is 5.92 Å². The van der Waals surface area contributed by atoms with E-state index in [4.69, 9.17) is 0 Å². The molecule has 4 heteroatoms. The summed E-state index contributed by atoms with van der Waals surface area (Å²) < 4.78 is 2.97. The van der Waals surface area contributed by atoms with Crippen LogP contribution < -0.4 is 0 Å². The molecular formula is C12H13BrN2O. The van der Waals surface area contributed by atoms with E-state index in [2.05, 4.69) is 34.8 Å². The van der Waals surface area contributed by atoms with E-state index in [0.717, 1.165) is 28.5 Å². The highest BCUT2D eigenvalue weighted by Gasteiger charge is 2.11. The maximum atomic E-state index is 10.9. The minimum absolute atomic E-state index is 0.517. The van der Waals surface area contributed by atoms with E-state index >= 15 is 0 Å². The van der Waals surface area contributed by atoms with Gasteiger partial charge in [-0.25, -0.2) is 4.98 Å². The fourth-order valence-corrected chi connectivity index (χ4v) is 2.08. The summed E-state index contributed by atoms with van der Waals surface area (Å²) in [5.74, 6) is 1.46. The summed E-state index contributed by atoms with van der Waals surface area (Å²) in [5, 5.41) is 0. The van der Waals surface area contributed by atoms with Crippen LogP contribution in [0.5, 0.6) is 0 Å². The molecule has 0 N–H and O–H groups in total. The van der Waals surface area contributed by atoms with E-state index in [1.54, 1.807) is 0 Å². The molecule has 0 spiro atoms. The molecule has 3 nitrogen and oxygen atoms in total. The molecule has 0 saturated heterocycles. The lowest BCUT2D eigenvalue weighted by Crippen LogP contribution is -2.00. The van der Waals surface area contributed by atoms with Crippen molar-refractivity contribution >= 4 is 27.7 Å². The fourth-order valence-electron chi connectivity index (χ4n) is 1.74. The minimum Gasteiger partial charge on any atom is -0.302 e. The van der Waals surface area contributed by atoms with Gasteiger partial charge in [-0.05, 0) is 34.0 Å². The Labute approximate surface area is 103 Å². The van der Waals surface area contributed by atoms with Gasteiger partial charge in [-0.3, -0.25) is 4.79 Å². The molecular weight excluding hydrogens is 268 g/mol. The molecule has 2 rings (SSSR count). The van der Waals surface area contributed by atoms with Crippen LogP contribution in [0.1, 0.15) is 30.2 Å². The largest absolute Gasteiger partial charge is 0.302 e. The number of carbonyl (C=O) groups is 1. The maximum Gasteiger partial charge on any atom is 0.170 e. The van der Waals surface area contributed by atoms with Gasteiger partial charge < -0.3 is 4.40 Å². The summed E-state index contributed by atoms with van der Waals surface area (Å²) in [6, 6.07) is 3.83. The van der Waals surface area contributed by atoms with Gasteiger partial charge in [-0.15, -0.1) is 0 Å². The van der Waals surface area contributed by atoms with Crippen LogP contribution in [0.2, 0.25) is 0 Å². The van der Waals surface area contributed by atoms with Crippen molar-refractivity contribution in [2.75, 3.05) is 0 Å². The van der Waals surface area contributed by atoms with Crippen molar-refractivity contribution in [2.45, 2.75) is 20.3 Å². The number of nitrogens with zero attached hydrogens (tertiary/aromatic N) is 2. The lowest BCUT2D eigenvalue weighted by molar-refractivity contribution is 0.112. The minimum atomic E-state index is 0.517. The van der Waals surface area contributed by atoms with Gasteiger partial charge in [0.1, 0.15) is 11.5 Å². The Morgan fingerprint density at radius 1 is 1.50 bits per heavy atom. The first-order valence-corrected chi connectivity index (χ1v) is 6.02. The second-order valence-electron chi connectivity index (χ2n) is 4.23. The maximum absolute atomic E-state index is 10.9. The Morgan fingerprint density at radius 2 is 2.25 bits per heavy atom. The van der Waals surface area contributed by atoms with E-state index in [-0.39, 0.29) is 0 Å². The molecule has 0 aliphatic rings. The molecule has 84 valence electrons. The average molecular weight is 281 g/mol. The number of halogens is 1. The van der Waals surface area contributed by atoms with Crippen LogP contribution >= 0.6 is 15.9 Å². The Morgan fingerprint density at radius 3 is 2.88 bits per heavy atom. The average Bonchev–Trinajstić information content (AvgIpc) is 2.55. The first kappa shape index (κ1) is 11.3. The Kier molecular flexibility index (Phi) is 3.10. The summed E-state index contributed by atoms with van der Waals surface area (Å²) in [5.41, 5.74) is 1.39. The highest BCUT2D eigenvalue weighted by molar-refractivity contribution is 9.10. The van der Waals surface area contributed by atoms with Crippen molar-refractivity contribution in [3.8, 4) is 0 Å². The molecule has 2 aromatic rings. The van der Waals surface area contributed by atoms with Crippen LogP contribution in [0.25, 0.3) is 5.52 Å². The van der Waals surface area contributed by atoms with Crippen molar-refractivity contribution in [1.29, 1.82) is 0 Å². The molecule has 2 aromatic heterocycles. The monoisotopic (exact) mass is 280 g/mol. The lowest BCUT2D eigenvalue weighted by Gasteiger charge is -2.04. The molecule has 0 amide bonds. The summed E-state index contributed by atoms with van der Waals surface area (Å²) in [6.45, 7) is 4.28. The smallest absolute Gasteiger partial charge is 0.170 e. The molecule has 0 bridgehead atoms. The number of pyridine rings is 1. The normalized spacial score (nSPS) is 11.2. The highest BCUT2D eigenvalue weighted by Crippen LogP contribution is 2.18. The second-order valence-corrected chi connectivity index (χ2v) is 5.15. The molecule has 0 aliphatic carbocycles. The van der Waals surface area contributed by atoms with Gasteiger partial charge in [0.15, 0.2) is 6.29 Å². The number of hydrogen-bond donors (Lipinski definition) is 0. The van der Waals surface area contributed by atoms with E-state index in [1.165, 1.54) is 0 Å². The fraction of sp³-hybridized carbons (Fsp3) is 0.333. The van der Waals surface area contributed by atoms with Crippen LogP contribution in [-0.4, -0.2) is 15.7 Å². The van der Waals surface area contributed by atoms with Gasteiger partial charge in [0.2, 0.25) is 0 Å². The van der Waals surface area contributed by atoms with Crippen molar-refractivity contribution in [1.82, 2.24) is 9.38 Å². The van der Waals surface area contributed by atoms with Gasteiger partial charge in [0, 0.05) is 17.1 Å². The number of fused-ring (bicyclic) bond motifs is 1. The first-order chi connectivity index (χ1) is 7.61. The van der Waals surface area contributed by atoms with E-state index < -0.39 is 0 Å². The van der Waals surface area contributed by atoms with Crippen LogP contribution in [0.3, 0.4) is 0 Å². The molecule has 0 aliphatic heterocycles. The highest BCUT2D eigenvalue weighted by atomic mass is 79.9. The lowest BCUT2D eigenvalue weighted by atomic mass is 10.1. The summed E-state index contributed by atoms with van der Waals surface area (Å²) >= 11 is 3.43. The molecule has 0 aromatic carbocycles. The van der Waals surface area contributed by atoms with Gasteiger partial charge >= 0.3 is 0 Å². The van der Waals surface area contributed by atoms with Gasteiger partial charge in [-0.2, -0.15) is 0 Å². The number of carbonyl (C=O) groups excluding carboxylic acids is 1. The van der Waals surface area contributed by atoms with Gasteiger partial charge in [0.05, 0.1) is 5.52 Å². The summed E-state index contributed by atoms with van der Waals surface area (Å²) in [6.07, 6.45) is 3.63. The molecule has 0 fully saturated rings. The SMILES string of the molecule is CC(C)Cc1nc(C=O)c2ccc(Br)cn12. The molecule has 0 saturated carbocycles. The predicted octanol–water partition coefficient (Wildman–Crippen LogP) is 3.11. The molecule has 2 heterocycles. The van der Waals surface area contributed by atoms with Gasteiger partial charge in [0.25, 0.3) is 0 Å². The molecule has 0 atom stereocenters. The molecule has 0 radical (unpaired) electrons. The van der Waals surface area contributed by atoms with E-state index in [0.29, 0.717) is 11.6 Å². The quantitative estimate of drug-likeness (QED) is 0.810. The van der Waals surface area contributed by atoms with Crippen LogP contribution in [0.15, 0.2) is 22.8 Å². The zero-order chi connectivity index (χ0) is 11.7. The van der Waals surface area contributed by atoms with Crippen molar-refractivity contribution in [3.63, 3.8) is 0 Å². The first-order valence-electron chi connectivity index (χ1n) is 5.23. The molecule has 16 heavy (non-hydrogen) atoms. The topological polar surface area (TPSA) is 34.4 Å². The number of aromatic nitrogens is 2. The predicted molar refractivity (Wildman–Crippen MR) is 66.8 cm³/mol. The summed E-state index contributed by atoms with van der Waals surface area (Å²) in [7, 11) is 0. The van der Waals surface area contributed by atoms with Crippen LogP contribution in [0.4, 0.5) is 0 Å². The number of imidazole rings is 1. The summed E-state index contributed by atoms with van der Waals surface area (Å²) in [4.78, 5) is 15.3. The number of aldehydes is 1. The third-order valence-corrected chi connectivity index (χ3v) is 2.87.